The van der Waals surface area contributed by atoms with E-state index in [2.05, 4.69) is 27.8 Å². The van der Waals surface area contributed by atoms with Crippen molar-refractivity contribution in [1.82, 2.24) is 5.32 Å². The lowest BCUT2D eigenvalue weighted by atomic mass is 10.1. The van der Waals surface area contributed by atoms with Gasteiger partial charge >= 0.3 is 0 Å². The zero-order valence-electron chi connectivity index (χ0n) is 11.0. The molecule has 0 saturated heterocycles. The zero-order valence-corrected chi connectivity index (χ0v) is 12.6. The van der Waals surface area contributed by atoms with Crippen molar-refractivity contribution in [3.63, 3.8) is 0 Å². The first-order chi connectivity index (χ1) is 8.95. The topological polar surface area (TPSA) is 58.6 Å². The van der Waals surface area contributed by atoms with Gasteiger partial charge in [0.05, 0.1) is 6.10 Å². The second kappa shape index (κ2) is 7.31. The molecule has 104 valence electrons. The Morgan fingerprint density at radius 2 is 2.26 bits per heavy atom. The number of hydrogen-bond donors (Lipinski definition) is 2. The Hall–Kier alpha value is -1.33. The summed E-state index contributed by atoms with van der Waals surface area (Å²) in [5.74, 6) is 0.266. The minimum atomic E-state index is -0.661. The molecule has 5 heteroatoms. The van der Waals surface area contributed by atoms with Crippen LogP contribution < -0.4 is 10.1 Å². The number of rotatable bonds is 6. The van der Waals surface area contributed by atoms with Gasteiger partial charge in [0.2, 0.25) is 0 Å². The average molecular weight is 328 g/mol. The smallest absolute Gasteiger partial charge is 0.261 e. The highest BCUT2D eigenvalue weighted by Crippen LogP contribution is 2.29. The summed E-state index contributed by atoms with van der Waals surface area (Å²) in [6, 6.07) is 5.31. The van der Waals surface area contributed by atoms with Crippen LogP contribution in [0.3, 0.4) is 0 Å². The quantitative estimate of drug-likeness (QED) is 0.789. The predicted octanol–water partition coefficient (Wildman–Crippen LogP) is 2.57. The van der Waals surface area contributed by atoms with E-state index in [1.54, 1.807) is 32.1 Å². The van der Waals surface area contributed by atoms with Crippen molar-refractivity contribution < 1.29 is 14.6 Å². The molecule has 0 heterocycles. The first-order valence-corrected chi connectivity index (χ1v) is 6.77. The molecule has 0 spiro atoms. The summed E-state index contributed by atoms with van der Waals surface area (Å²) >= 11 is 3.34. The van der Waals surface area contributed by atoms with Crippen LogP contribution in [0.2, 0.25) is 0 Å². The third-order valence-electron chi connectivity index (χ3n) is 2.52. The van der Waals surface area contributed by atoms with Crippen molar-refractivity contribution in [2.75, 3.05) is 6.54 Å². The number of aliphatic hydroxyl groups excluding tert-OH is 1. The molecule has 0 saturated carbocycles. The predicted molar refractivity (Wildman–Crippen MR) is 78.1 cm³/mol. The molecule has 0 radical (unpaired) electrons. The highest BCUT2D eigenvalue weighted by molar-refractivity contribution is 9.10. The van der Waals surface area contributed by atoms with Crippen LogP contribution in [-0.4, -0.2) is 23.7 Å². The molecule has 1 aromatic carbocycles. The molecule has 4 nitrogen and oxygen atoms in total. The minimum absolute atomic E-state index is 0.226. The number of benzene rings is 1. The third kappa shape index (κ3) is 4.69. The van der Waals surface area contributed by atoms with Crippen LogP contribution in [0.25, 0.3) is 0 Å². The lowest BCUT2D eigenvalue weighted by Gasteiger charge is -2.18. The SMILES string of the molecule is C=CCNC(=O)C(C)Oc1cc(Br)ccc1C(C)O. The van der Waals surface area contributed by atoms with Crippen molar-refractivity contribution in [2.24, 2.45) is 0 Å². The fourth-order valence-corrected chi connectivity index (χ4v) is 1.86. The molecule has 2 N–H and O–H groups in total. The van der Waals surface area contributed by atoms with Gasteiger partial charge in [0.1, 0.15) is 5.75 Å². The van der Waals surface area contributed by atoms with Gasteiger partial charge < -0.3 is 15.2 Å². The largest absolute Gasteiger partial charge is 0.480 e. The molecular formula is C14H18BrNO3. The van der Waals surface area contributed by atoms with Crippen molar-refractivity contribution >= 4 is 21.8 Å². The molecule has 0 fully saturated rings. The van der Waals surface area contributed by atoms with Crippen molar-refractivity contribution in [3.05, 3.63) is 40.9 Å². The standard InChI is InChI=1S/C14H18BrNO3/c1-4-7-16-14(18)10(3)19-13-8-11(15)5-6-12(13)9(2)17/h4-6,8-10,17H,1,7H2,2-3H3,(H,16,18). The maximum Gasteiger partial charge on any atom is 0.261 e. The summed E-state index contributed by atoms with van der Waals surface area (Å²) in [5.41, 5.74) is 0.645. The summed E-state index contributed by atoms with van der Waals surface area (Å²) in [5, 5.41) is 12.3. The van der Waals surface area contributed by atoms with Gasteiger partial charge in [0.15, 0.2) is 6.10 Å². The van der Waals surface area contributed by atoms with E-state index in [-0.39, 0.29) is 5.91 Å². The van der Waals surface area contributed by atoms with Gasteiger partial charge in [-0.25, -0.2) is 0 Å². The number of ether oxygens (including phenoxy) is 1. The highest BCUT2D eigenvalue weighted by atomic mass is 79.9. The van der Waals surface area contributed by atoms with Crippen LogP contribution in [0.5, 0.6) is 5.75 Å². The van der Waals surface area contributed by atoms with E-state index in [1.807, 2.05) is 6.07 Å². The summed E-state index contributed by atoms with van der Waals surface area (Å²) in [7, 11) is 0. The van der Waals surface area contributed by atoms with E-state index in [0.29, 0.717) is 17.9 Å². The van der Waals surface area contributed by atoms with Gasteiger partial charge in [-0.15, -0.1) is 6.58 Å². The Labute approximate surface area is 121 Å². The summed E-state index contributed by atoms with van der Waals surface area (Å²) in [6.45, 7) is 7.24. The molecule has 2 unspecified atom stereocenters. The number of nitrogens with one attached hydrogen (secondary N) is 1. The number of hydrogen-bond acceptors (Lipinski definition) is 3. The van der Waals surface area contributed by atoms with E-state index in [0.717, 1.165) is 4.47 Å². The maximum absolute atomic E-state index is 11.7. The Morgan fingerprint density at radius 1 is 1.58 bits per heavy atom. The number of carbonyl (C=O) groups is 1. The van der Waals surface area contributed by atoms with Gasteiger partial charge in [-0.2, -0.15) is 0 Å². The van der Waals surface area contributed by atoms with Crippen LogP contribution in [0.15, 0.2) is 35.3 Å². The van der Waals surface area contributed by atoms with Crippen molar-refractivity contribution in [2.45, 2.75) is 26.1 Å². The minimum Gasteiger partial charge on any atom is -0.480 e. The van der Waals surface area contributed by atoms with Gasteiger partial charge in [-0.1, -0.05) is 28.1 Å². The average Bonchev–Trinajstić information content (AvgIpc) is 2.35. The lowest BCUT2D eigenvalue weighted by Crippen LogP contribution is -2.36. The van der Waals surface area contributed by atoms with Crippen molar-refractivity contribution in [1.29, 1.82) is 0 Å². The first-order valence-electron chi connectivity index (χ1n) is 5.98. The summed E-state index contributed by atoms with van der Waals surface area (Å²) in [6.07, 6.45) is 0.295. The summed E-state index contributed by atoms with van der Waals surface area (Å²) < 4.78 is 6.43. The first kappa shape index (κ1) is 15.7. The third-order valence-corrected chi connectivity index (χ3v) is 3.01. The molecule has 2 atom stereocenters. The molecule has 0 bridgehead atoms. The van der Waals surface area contributed by atoms with E-state index in [1.165, 1.54) is 0 Å². The van der Waals surface area contributed by atoms with E-state index in [9.17, 15) is 9.90 Å². The van der Waals surface area contributed by atoms with Gasteiger partial charge in [0.25, 0.3) is 5.91 Å². The monoisotopic (exact) mass is 327 g/mol. The fourth-order valence-electron chi connectivity index (χ4n) is 1.52. The number of halogens is 1. The Kier molecular flexibility index (Phi) is 6.05. The maximum atomic E-state index is 11.7. The second-order valence-corrected chi connectivity index (χ2v) is 5.07. The van der Waals surface area contributed by atoms with Crippen LogP contribution in [0.4, 0.5) is 0 Å². The van der Waals surface area contributed by atoms with E-state index in [4.69, 9.17) is 4.74 Å². The van der Waals surface area contributed by atoms with E-state index >= 15 is 0 Å². The highest BCUT2D eigenvalue weighted by Gasteiger charge is 2.17. The Balaban J connectivity index is 2.83. The molecule has 1 aromatic rings. The second-order valence-electron chi connectivity index (χ2n) is 4.15. The fraction of sp³-hybridized carbons (Fsp3) is 0.357. The van der Waals surface area contributed by atoms with Gasteiger partial charge in [-0.3, -0.25) is 4.79 Å². The van der Waals surface area contributed by atoms with Crippen LogP contribution in [-0.2, 0) is 4.79 Å². The molecule has 1 amide bonds. The van der Waals surface area contributed by atoms with Crippen LogP contribution >= 0.6 is 15.9 Å². The molecule has 1 rings (SSSR count). The zero-order chi connectivity index (χ0) is 14.4. The van der Waals surface area contributed by atoms with Crippen molar-refractivity contribution in [3.8, 4) is 5.75 Å². The van der Waals surface area contributed by atoms with Crippen LogP contribution in [0.1, 0.15) is 25.5 Å². The summed E-state index contributed by atoms with van der Waals surface area (Å²) in [4.78, 5) is 11.7. The van der Waals surface area contributed by atoms with Crippen LogP contribution in [0, 0.1) is 0 Å². The number of aliphatic hydroxyl groups is 1. The van der Waals surface area contributed by atoms with E-state index < -0.39 is 12.2 Å². The molecule has 0 aliphatic rings. The Bertz CT molecular complexity index is 460. The molecule has 0 aliphatic heterocycles. The molecule has 19 heavy (non-hydrogen) atoms. The lowest BCUT2D eigenvalue weighted by molar-refractivity contribution is -0.127. The molecule has 0 aliphatic carbocycles. The Morgan fingerprint density at radius 3 is 2.84 bits per heavy atom. The number of amides is 1. The van der Waals surface area contributed by atoms with Gasteiger partial charge in [0, 0.05) is 16.6 Å². The normalized spacial score (nSPS) is 13.5. The van der Waals surface area contributed by atoms with Gasteiger partial charge in [-0.05, 0) is 26.0 Å². The molecule has 0 aromatic heterocycles. The number of carbonyl (C=O) groups excluding carboxylic acids is 1. The molecular weight excluding hydrogens is 310 g/mol.